The second-order valence-electron chi connectivity index (χ2n) is 4.61. The van der Waals surface area contributed by atoms with Gasteiger partial charge in [-0.05, 0) is 18.9 Å². The molecule has 0 heterocycles. The van der Waals surface area contributed by atoms with Crippen molar-refractivity contribution in [3.05, 3.63) is 35.4 Å². The van der Waals surface area contributed by atoms with E-state index in [4.69, 9.17) is 4.74 Å². The van der Waals surface area contributed by atoms with Crippen molar-refractivity contribution in [3.8, 4) is 0 Å². The Kier molecular flexibility index (Phi) is 7.35. The van der Waals surface area contributed by atoms with Gasteiger partial charge >= 0.3 is 0 Å². The number of carbonyl (C=O) groups is 2. The number of benzene rings is 1. The summed E-state index contributed by atoms with van der Waals surface area (Å²) in [6.45, 7) is 2.96. The number of rotatable bonds is 8. The minimum Gasteiger partial charge on any atom is -0.383 e. The van der Waals surface area contributed by atoms with Crippen molar-refractivity contribution in [3.63, 3.8) is 0 Å². The number of methoxy groups -OCH3 is 1. The van der Waals surface area contributed by atoms with Crippen molar-refractivity contribution < 1.29 is 14.3 Å². The highest BCUT2D eigenvalue weighted by atomic mass is 16.5. The molecule has 20 heavy (non-hydrogen) atoms. The number of hydrogen-bond acceptors (Lipinski definition) is 3. The average molecular weight is 278 g/mol. The molecule has 0 spiro atoms. The van der Waals surface area contributed by atoms with Gasteiger partial charge < -0.3 is 15.4 Å². The molecule has 0 bridgehead atoms. The maximum atomic E-state index is 11.6. The van der Waals surface area contributed by atoms with Gasteiger partial charge in [0.1, 0.15) is 0 Å². The third-order valence-electron chi connectivity index (χ3n) is 2.84. The molecule has 5 nitrogen and oxygen atoms in total. The van der Waals surface area contributed by atoms with Crippen molar-refractivity contribution in [2.24, 2.45) is 0 Å². The summed E-state index contributed by atoms with van der Waals surface area (Å²) in [7, 11) is 1.57. The lowest BCUT2D eigenvalue weighted by molar-refractivity contribution is -0.126. The Labute approximate surface area is 119 Å². The highest BCUT2D eigenvalue weighted by molar-refractivity contribution is 5.84. The van der Waals surface area contributed by atoms with Crippen LogP contribution in [0.3, 0.4) is 0 Å². The van der Waals surface area contributed by atoms with Crippen LogP contribution in [0.2, 0.25) is 0 Å². The van der Waals surface area contributed by atoms with Crippen LogP contribution in [-0.4, -0.2) is 38.6 Å². The van der Waals surface area contributed by atoms with E-state index in [0.29, 0.717) is 26.0 Å². The van der Waals surface area contributed by atoms with Crippen LogP contribution in [0.15, 0.2) is 24.3 Å². The first kappa shape index (κ1) is 16.2. The zero-order valence-electron chi connectivity index (χ0n) is 12.1. The van der Waals surface area contributed by atoms with Crippen LogP contribution in [0, 0.1) is 6.92 Å². The number of ether oxygens (including phenoxy) is 1. The van der Waals surface area contributed by atoms with E-state index < -0.39 is 0 Å². The standard InChI is InChI=1S/C15H22N2O3/c1-12-3-5-13(6-4-12)7-8-14(18)17-11-15(19)16-9-10-20-2/h3-6H,7-11H2,1-2H3,(H,16,19)(H,17,18). The van der Waals surface area contributed by atoms with Gasteiger partial charge in [-0.1, -0.05) is 29.8 Å². The molecule has 5 heteroatoms. The van der Waals surface area contributed by atoms with Crippen LogP contribution >= 0.6 is 0 Å². The molecule has 0 aliphatic rings. The SMILES string of the molecule is COCCNC(=O)CNC(=O)CCc1ccc(C)cc1. The Morgan fingerprint density at radius 1 is 1.10 bits per heavy atom. The van der Waals surface area contributed by atoms with E-state index in [1.54, 1.807) is 7.11 Å². The van der Waals surface area contributed by atoms with Gasteiger partial charge in [0.25, 0.3) is 0 Å². The first-order valence-corrected chi connectivity index (χ1v) is 6.69. The lowest BCUT2D eigenvalue weighted by atomic mass is 10.1. The number of amides is 2. The lowest BCUT2D eigenvalue weighted by Gasteiger charge is -2.06. The quantitative estimate of drug-likeness (QED) is 0.691. The van der Waals surface area contributed by atoms with Crippen LogP contribution in [0.1, 0.15) is 17.5 Å². The van der Waals surface area contributed by atoms with Gasteiger partial charge in [-0.3, -0.25) is 9.59 Å². The molecule has 0 saturated heterocycles. The molecular weight excluding hydrogens is 256 g/mol. The molecule has 0 aromatic heterocycles. The number of carbonyl (C=O) groups excluding carboxylic acids is 2. The van der Waals surface area contributed by atoms with E-state index >= 15 is 0 Å². The van der Waals surface area contributed by atoms with Gasteiger partial charge in [0, 0.05) is 20.1 Å². The Bertz CT molecular complexity index is 429. The summed E-state index contributed by atoms with van der Waals surface area (Å²) in [4.78, 5) is 23.0. The summed E-state index contributed by atoms with van der Waals surface area (Å²) in [6, 6.07) is 8.08. The largest absolute Gasteiger partial charge is 0.383 e. The fourth-order valence-electron chi connectivity index (χ4n) is 1.63. The summed E-state index contributed by atoms with van der Waals surface area (Å²) in [5.74, 6) is -0.321. The molecule has 1 aromatic carbocycles. The maximum absolute atomic E-state index is 11.6. The maximum Gasteiger partial charge on any atom is 0.239 e. The second-order valence-corrected chi connectivity index (χ2v) is 4.61. The molecule has 2 amide bonds. The summed E-state index contributed by atoms with van der Waals surface area (Å²) >= 11 is 0. The topological polar surface area (TPSA) is 67.4 Å². The van der Waals surface area contributed by atoms with Crippen molar-refractivity contribution in [1.29, 1.82) is 0 Å². The Hall–Kier alpha value is -1.88. The molecule has 0 aliphatic carbocycles. The molecule has 0 fully saturated rings. The lowest BCUT2D eigenvalue weighted by Crippen LogP contribution is -2.38. The van der Waals surface area contributed by atoms with Crippen LogP contribution in [0.5, 0.6) is 0 Å². The molecule has 0 saturated carbocycles. The molecule has 1 rings (SSSR count). The minimum atomic E-state index is -0.203. The molecule has 0 atom stereocenters. The predicted octanol–water partition coefficient (Wildman–Crippen LogP) is 0.806. The third-order valence-corrected chi connectivity index (χ3v) is 2.84. The van der Waals surface area contributed by atoms with Crippen molar-refractivity contribution in [1.82, 2.24) is 10.6 Å². The molecular formula is C15H22N2O3. The smallest absolute Gasteiger partial charge is 0.239 e. The molecule has 0 radical (unpaired) electrons. The average Bonchev–Trinajstić information content (AvgIpc) is 2.45. The highest BCUT2D eigenvalue weighted by Crippen LogP contribution is 2.05. The Morgan fingerprint density at radius 3 is 2.45 bits per heavy atom. The van der Waals surface area contributed by atoms with E-state index in [2.05, 4.69) is 10.6 Å². The van der Waals surface area contributed by atoms with E-state index in [-0.39, 0.29) is 18.4 Å². The fourth-order valence-corrected chi connectivity index (χ4v) is 1.63. The molecule has 1 aromatic rings. The van der Waals surface area contributed by atoms with Gasteiger partial charge in [0.15, 0.2) is 0 Å². The highest BCUT2D eigenvalue weighted by Gasteiger charge is 2.05. The number of aryl methyl sites for hydroxylation is 2. The predicted molar refractivity (Wildman–Crippen MR) is 77.4 cm³/mol. The summed E-state index contributed by atoms with van der Waals surface area (Å²) in [6.07, 6.45) is 1.06. The van der Waals surface area contributed by atoms with Gasteiger partial charge in [-0.2, -0.15) is 0 Å². The monoisotopic (exact) mass is 278 g/mol. The van der Waals surface area contributed by atoms with Crippen LogP contribution in [0.4, 0.5) is 0 Å². The van der Waals surface area contributed by atoms with E-state index in [9.17, 15) is 9.59 Å². The van der Waals surface area contributed by atoms with Crippen molar-refractivity contribution in [2.45, 2.75) is 19.8 Å². The molecule has 0 unspecified atom stereocenters. The Morgan fingerprint density at radius 2 is 1.80 bits per heavy atom. The van der Waals surface area contributed by atoms with Crippen LogP contribution in [-0.2, 0) is 20.7 Å². The minimum absolute atomic E-state index is 0.0104. The van der Waals surface area contributed by atoms with Crippen LogP contribution < -0.4 is 10.6 Å². The van der Waals surface area contributed by atoms with Crippen molar-refractivity contribution >= 4 is 11.8 Å². The fraction of sp³-hybridized carbons (Fsp3) is 0.467. The van der Waals surface area contributed by atoms with E-state index in [1.165, 1.54) is 5.56 Å². The van der Waals surface area contributed by atoms with Crippen molar-refractivity contribution in [2.75, 3.05) is 26.8 Å². The first-order valence-electron chi connectivity index (χ1n) is 6.69. The van der Waals surface area contributed by atoms with E-state index in [1.807, 2.05) is 31.2 Å². The van der Waals surface area contributed by atoms with Crippen LogP contribution in [0.25, 0.3) is 0 Å². The molecule has 110 valence electrons. The third kappa shape index (κ3) is 6.89. The number of hydrogen-bond donors (Lipinski definition) is 2. The molecule has 0 aliphatic heterocycles. The zero-order chi connectivity index (χ0) is 14.8. The van der Waals surface area contributed by atoms with Gasteiger partial charge in [0.2, 0.25) is 11.8 Å². The van der Waals surface area contributed by atoms with Gasteiger partial charge in [0.05, 0.1) is 13.2 Å². The normalized spacial score (nSPS) is 10.1. The first-order chi connectivity index (χ1) is 9.61. The second kappa shape index (κ2) is 9.09. The zero-order valence-corrected chi connectivity index (χ0v) is 12.1. The summed E-state index contributed by atoms with van der Waals surface area (Å²) in [5.41, 5.74) is 2.32. The Balaban J connectivity index is 2.17. The van der Waals surface area contributed by atoms with Gasteiger partial charge in [-0.25, -0.2) is 0 Å². The summed E-state index contributed by atoms with van der Waals surface area (Å²) < 4.78 is 4.81. The number of nitrogens with one attached hydrogen (secondary N) is 2. The summed E-state index contributed by atoms with van der Waals surface area (Å²) in [5, 5.41) is 5.24. The molecule has 2 N–H and O–H groups in total. The van der Waals surface area contributed by atoms with Gasteiger partial charge in [-0.15, -0.1) is 0 Å². The van der Waals surface area contributed by atoms with E-state index in [0.717, 1.165) is 5.56 Å².